The second kappa shape index (κ2) is 8.25. The quantitative estimate of drug-likeness (QED) is 0.331. The third-order valence-corrected chi connectivity index (χ3v) is 3.76. The summed E-state index contributed by atoms with van der Waals surface area (Å²) < 4.78 is 31.4. The van der Waals surface area contributed by atoms with Gasteiger partial charge in [-0.15, -0.1) is 5.10 Å². The van der Waals surface area contributed by atoms with Gasteiger partial charge in [0, 0.05) is 6.07 Å². The molecule has 0 fully saturated rings. The molecule has 0 atom stereocenters. The normalized spacial score (nSPS) is 11.0. The van der Waals surface area contributed by atoms with E-state index >= 15 is 0 Å². The molecule has 8 nitrogen and oxygen atoms in total. The number of hydrogen-bond acceptors (Lipinski definition) is 7. The van der Waals surface area contributed by atoms with Gasteiger partial charge in [0.25, 0.3) is 0 Å². The number of aromatic nitrogens is 3. The van der Waals surface area contributed by atoms with Crippen molar-refractivity contribution in [2.24, 2.45) is 5.10 Å². The van der Waals surface area contributed by atoms with E-state index in [0.717, 1.165) is 23.9 Å². The molecule has 0 bridgehead atoms. The van der Waals surface area contributed by atoms with Gasteiger partial charge in [-0.3, -0.25) is 4.79 Å². The molecule has 0 aliphatic heterocycles. The molecule has 1 aromatic carbocycles. The number of aromatic amines is 1. The van der Waals surface area contributed by atoms with Crippen LogP contribution in [0.3, 0.4) is 0 Å². The van der Waals surface area contributed by atoms with Crippen molar-refractivity contribution in [1.29, 1.82) is 0 Å². The second-order valence-corrected chi connectivity index (χ2v) is 5.76. The molecule has 0 radical (unpaired) electrons. The van der Waals surface area contributed by atoms with Crippen molar-refractivity contribution < 1.29 is 18.0 Å². The lowest BCUT2D eigenvalue weighted by Gasteiger charge is -2.05. The first-order valence-corrected chi connectivity index (χ1v) is 8.21. The minimum atomic E-state index is -0.845. The molecule has 3 N–H and O–H groups in total. The Hall–Kier alpha value is -3.21. The molecule has 0 saturated heterocycles. The highest BCUT2D eigenvalue weighted by Crippen LogP contribution is 2.17. The van der Waals surface area contributed by atoms with Gasteiger partial charge in [0.15, 0.2) is 0 Å². The number of hydrazone groups is 1. The molecule has 2 aromatic heterocycles. The van der Waals surface area contributed by atoms with E-state index in [1.165, 1.54) is 12.5 Å². The van der Waals surface area contributed by atoms with E-state index in [4.69, 9.17) is 4.42 Å². The average molecular weight is 378 g/mol. The van der Waals surface area contributed by atoms with Crippen LogP contribution in [0.15, 0.2) is 51.3 Å². The maximum absolute atomic E-state index is 13.5. The molecule has 134 valence electrons. The highest BCUT2D eigenvalue weighted by molar-refractivity contribution is 7.99. The van der Waals surface area contributed by atoms with Crippen molar-refractivity contribution in [3.63, 3.8) is 0 Å². The third kappa shape index (κ3) is 4.89. The maximum atomic E-state index is 13.5. The van der Waals surface area contributed by atoms with Gasteiger partial charge >= 0.3 is 0 Å². The van der Waals surface area contributed by atoms with Gasteiger partial charge in [0.2, 0.25) is 17.0 Å². The third-order valence-electron chi connectivity index (χ3n) is 2.91. The van der Waals surface area contributed by atoms with E-state index in [9.17, 15) is 13.6 Å². The minimum Gasteiger partial charge on any atom is -0.463 e. The van der Waals surface area contributed by atoms with E-state index in [0.29, 0.717) is 17.0 Å². The Kier molecular flexibility index (Phi) is 5.59. The van der Waals surface area contributed by atoms with Crippen molar-refractivity contribution >= 4 is 35.5 Å². The van der Waals surface area contributed by atoms with Gasteiger partial charge < -0.3 is 9.73 Å². The minimum absolute atomic E-state index is 0.0518. The number of halogens is 2. The van der Waals surface area contributed by atoms with Crippen molar-refractivity contribution in [2.45, 2.75) is 5.16 Å². The zero-order valence-corrected chi connectivity index (χ0v) is 13.9. The SMILES string of the molecule is O=C(CSc1n[nH]c(N/N=C\c2ccco2)n1)Nc1ccc(F)cc1F. The monoisotopic (exact) mass is 378 g/mol. The number of thioether (sulfide) groups is 1. The van der Waals surface area contributed by atoms with Crippen LogP contribution in [0.2, 0.25) is 0 Å². The first-order chi connectivity index (χ1) is 12.6. The predicted molar refractivity (Wildman–Crippen MR) is 92.0 cm³/mol. The van der Waals surface area contributed by atoms with Gasteiger partial charge in [-0.2, -0.15) is 10.1 Å². The van der Waals surface area contributed by atoms with Crippen LogP contribution in [-0.2, 0) is 4.79 Å². The van der Waals surface area contributed by atoms with Crippen LogP contribution in [0.25, 0.3) is 0 Å². The number of carbonyl (C=O) groups excluding carboxylic acids is 1. The van der Waals surface area contributed by atoms with Crippen molar-refractivity contribution in [3.05, 3.63) is 54.0 Å². The van der Waals surface area contributed by atoms with E-state index in [1.54, 1.807) is 12.1 Å². The number of anilines is 2. The number of rotatable bonds is 7. The fourth-order valence-corrected chi connectivity index (χ4v) is 2.39. The lowest BCUT2D eigenvalue weighted by molar-refractivity contribution is -0.113. The molecule has 2 heterocycles. The van der Waals surface area contributed by atoms with Gasteiger partial charge in [-0.25, -0.2) is 19.3 Å². The van der Waals surface area contributed by atoms with Crippen molar-refractivity contribution in [3.8, 4) is 0 Å². The van der Waals surface area contributed by atoms with Crippen molar-refractivity contribution in [2.75, 3.05) is 16.5 Å². The van der Waals surface area contributed by atoms with Gasteiger partial charge in [0.05, 0.1) is 23.9 Å². The van der Waals surface area contributed by atoms with E-state index in [2.05, 4.69) is 31.0 Å². The number of nitrogens with zero attached hydrogens (tertiary/aromatic N) is 3. The van der Waals surface area contributed by atoms with Gasteiger partial charge in [-0.1, -0.05) is 11.8 Å². The number of nitrogens with one attached hydrogen (secondary N) is 3. The standard InChI is InChI=1S/C15H12F2N6O2S/c16-9-3-4-12(11(17)6-9)19-13(24)8-26-15-20-14(22-23-15)21-18-7-10-2-1-5-25-10/h1-7H,8H2,(H,19,24)(H2,20,21,22,23)/b18-7-. The number of amides is 1. The first kappa shape index (κ1) is 17.6. The Morgan fingerprint density at radius 1 is 1.38 bits per heavy atom. The molecule has 0 aliphatic carbocycles. The van der Waals surface area contributed by atoms with Crippen molar-refractivity contribution in [1.82, 2.24) is 15.2 Å². The first-order valence-electron chi connectivity index (χ1n) is 7.23. The van der Waals surface area contributed by atoms with E-state index < -0.39 is 17.5 Å². The summed E-state index contributed by atoms with van der Waals surface area (Å²) in [7, 11) is 0. The van der Waals surface area contributed by atoms with E-state index in [1.807, 2.05) is 0 Å². The van der Waals surface area contributed by atoms with Gasteiger partial charge in [0.1, 0.15) is 17.4 Å². The zero-order valence-electron chi connectivity index (χ0n) is 13.1. The van der Waals surface area contributed by atoms with Crippen LogP contribution in [0.4, 0.5) is 20.4 Å². The Labute approximate surface area is 150 Å². The largest absolute Gasteiger partial charge is 0.463 e. The molecule has 3 rings (SSSR count). The summed E-state index contributed by atoms with van der Waals surface area (Å²) in [4.78, 5) is 15.9. The van der Waals surface area contributed by atoms with Crippen LogP contribution in [0.5, 0.6) is 0 Å². The number of hydrogen-bond donors (Lipinski definition) is 3. The van der Waals surface area contributed by atoms with Crippen LogP contribution in [0.1, 0.15) is 5.76 Å². The number of H-pyrrole nitrogens is 1. The number of furan rings is 1. The highest BCUT2D eigenvalue weighted by atomic mass is 32.2. The molecular weight excluding hydrogens is 366 g/mol. The molecule has 0 unspecified atom stereocenters. The number of benzene rings is 1. The fraction of sp³-hybridized carbons (Fsp3) is 0.0667. The predicted octanol–water partition coefficient (Wildman–Crippen LogP) is 2.85. The number of carbonyl (C=O) groups is 1. The summed E-state index contributed by atoms with van der Waals surface area (Å²) in [5.74, 6) is -1.25. The smallest absolute Gasteiger partial charge is 0.240 e. The molecule has 0 aliphatic rings. The molecule has 26 heavy (non-hydrogen) atoms. The van der Waals surface area contributed by atoms with Gasteiger partial charge in [-0.05, 0) is 24.3 Å². The highest BCUT2D eigenvalue weighted by Gasteiger charge is 2.10. The van der Waals surface area contributed by atoms with Crippen LogP contribution in [0, 0.1) is 11.6 Å². The average Bonchev–Trinajstić information content (AvgIpc) is 3.28. The molecule has 0 spiro atoms. The Bertz CT molecular complexity index is 913. The molecule has 1 amide bonds. The Morgan fingerprint density at radius 3 is 3.04 bits per heavy atom. The zero-order chi connectivity index (χ0) is 18.4. The summed E-state index contributed by atoms with van der Waals surface area (Å²) >= 11 is 1.04. The van der Waals surface area contributed by atoms with Crippen LogP contribution < -0.4 is 10.7 Å². The summed E-state index contributed by atoms with van der Waals surface area (Å²) in [5.41, 5.74) is 2.53. The van der Waals surface area contributed by atoms with Crippen LogP contribution in [-0.4, -0.2) is 33.1 Å². The lowest BCUT2D eigenvalue weighted by atomic mass is 10.3. The molecule has 3 aromatic rings. The van der Waals surface area contributed by atoms with E-state index in [-0.39, 0.29) is 17.4 Å². The Morgan fingerprint density at radius 2 is 2.27 bits per heavy atom. The molecule has 11 heteroatoms. The lowest BCUT2D eigenvalue weighted by Crippen LogP contribution is -2.15. The summed E-state index contributed by atoms with van der Waals surface area (Å²) in [6, 6.07) is 6.36. The molecular formula is C15H12F2N6O2S. The summed E-state index contributed by atoms with van der Waals surface area (Å²) in [5, 5.41) is 13.1. The molecule has 0 saturated carbocycles. The second-order valence-electron chi connectivity index (χ2n) is 4.81. The maximum Gasteiger partial charge on any atom is 0.240 e. The Balaban J connectivity index is 1.47. The topological polar surface area (TPSA) is 108 Å². The van der Waals surface area contributed by atoms with Crippen LogP contribution >= 0.6 is 11.8 Å². The fourth-order valence-electron chi connectivity index (χ4n) is 1.79. The summed E-state index contributed by atoms with van der Waals surface area (Å²) in [6.07, 6.45) is 2.98. The summed E-state index contributed by atoms with van der Waals surface area (Å²) in [6.45, 7) is 0.